The van der Waals surface area contributed by atoms with Gasteiger partial charge in [-0.2, -0.15) is 0 Å². The van der Waals surface area contributed by atoms with Crippen molar-refractivity contribution in [3.8, 4) is 11.5 Å². The predicted octanol–water partition coefficient (Wildman–Crippen LogP) is 4.87. The third-order valence-electron chi connectivity index (χ3n) is 9.19. The van der Waals surface area contributed by atoms with Gasteiger partial charge in [0.05, 0.1) is 24.1 Å². The molecule has 264 valence electrons. The number of nitrogens with two attached hydrogens (primary N) is 1. The van der Waals surface area contributed by atoms with Crippen LogP contribution in [0.1, 0.15) is 70.7 Å². The SMILES string of the molecule is COC(=O)[C@H]1CC[C@H](N(C)C(=O)Cn2c(COc3ccc(OC4CCN(C(=O)OC(C)(C)C)CC4)cc3)nc3cc(C(=N)N)ccc32)CC1. The summed E-state index contributed by atoms with van der Waals surface area (Å²) >= 11 is 0. The maximum Gasteiger partial charge on any atom is 0.410 e. The van der Waals surface area contributed by atoms with E-state index in [1.165, 1.54) is 7.11 Å². The summed E-state index contributed by atoms with van der Waals surface area (Å²) in [7, 11) is 3.22. The van der Waals surface area contributed by atoms with E-state index in [-0.39, 0.29) is 55.0 Å². The molecule has 2 aromatic carbocycles. The highest BCUT2D eigenvalue weighted by molar-refractivity contribution is 5.98. The molecule has 0 atom stereocenters. The number of amides is 2. The van der Waals surface area contributed by atoms with E-state index in [1.54, 1.807) is 21.9 Å². The molecule has 0 unspecified atom stereocenters. The number of nitrogens with one attached hydrogen (secondary N) is 1. The Kier molecular flexibility index (Phi) is 11.0. The van der Waals surface area contributed by atoms with E-state index in [1.807, 2.05) is 62.7 Å². The zero-order valence-electron chi connectivity index (χ0n) is 29.1. The number of carbonyl (C=O) groups is 3. The minimum Gasteiger partial charge on any atom is -0.490 e. The van der Waals surface area contributed by atoms with Crippen molar-refractivity contribution in [3.05, 3.63) is 53.9 Å². The fraction of sp³-hybridized carbons (Fsp3) is 0.528. The van der Waals surface area contributed by atoms with Gasteiger partial charge < -0.3 is 39.0 Å². The second-order valence-corrected chi connectivity index (χ2v) is 13.8. The van der Waals surface area contributed by atoms with E-state index in [0.717, 1.165) is 18.4 Å². The molecule has 1 aromatic heterocycles. The number of methoxy groups -OCH3 is 1. The lowest BCUT2D eigenvalue weighted by Crippen LogP contribution is -2.44. The molecule has 49 heavy (non-hydrogen) atoms. The Balaban J connectivity index is 1.21. The number of benzene rings is 2. The van der Waals surface area contributed by atoms with Gasteiger partial charge in [0, 0.05) is 44.6 Å². The molecule has 0 spiro atoms. The highest BCUT2D eigenvalue weighted by Gasteiger charge is 2.31. The highest BCUT2D eigenvalue weighted by atomic mass is 16.6. The first kappa shape index (κ1) is 35.5. The topological polar surface area (TPSA) is 162 Å². The normalized spacial score (nSPS) is 18.5. The molecule has 1 aliphatic heterocycles. The average Bonchev–Trinajstić information content (AvgIpc) is 3.42. The highest BCUT2D eigenvalue weighted by Crippen LogP contribution is 2.29. The first-order valence-electron chi connectivity index (χ1n) is 16.9. The molecule has 2 fully saturated rings. The van der Waals surface area contributed by atoms with Crippen LogP contribution < -0.4 is 15.2 Å². The molecule has 3 N–H and O–H groups in total. The Hall–Kier alpha value is -4.81. The van der Waals surface area contributed by atoms with Crippen LogP contribution in [0.3, 0.4) is 0 Å². The summed E-state index contributed by atoms with van der Waals surface area (Å²) in [6, 6.07) is 12.7. The molecule has 5 rings (SSSR count). The monoisotopic (exact) mass is 676 g/mol. The lowest BCUT2D eigenvalue weighted by molar-refractivity contribution is -0.147. The van der Waals surface area contributed by atoms with Crippen molar-refractivity contribution < 1.29 is 33.3 Å². The van der Waals surface area contributed by atoms with Gasteiger partial charge in [-0.3, -0.25) is 15.0 Å². The minimum absolute atomic E-state index is 0.0104. The molecule has 0 radical (unpaired) electrons. The molecule has 0 bridgehead atoms. The van der Waals surface area contributed by atoms with Crippen molar-refractivity contribution in [1.82, 2.24) is 19.4 Å². The largest absolute Gasteiger partial charge is 0.490 e. The number of nitrogens with zero attached hydrogens (tertiary/aromatic N) is 4. The first-order valence-corrected chi connectivity index (χ1v) is 16.9. The fourth-order valence-electron chi connectivity index (χ4n) is 6.39. The number of amidine groups is 1. The molecular weight excluding hydrogens is 628 g/mol. The van der Waals surface area contributed by atoms with Crippen molar-refractivity contribution in [3.63, 3.8) is 0 Å². The standard InChI is InChI=1S/C36H48N6O7/c1-36(2,3)49-35(45)41-18-16-28(17-19-41)48-27-13-11-26(12-14-27)47-22-31-39-29-20-24(33(37)38)8-15-30(29)42(31)21-32(43)40(4)25-9-6-23(7-10-25)34(44)46-5/h8,11-15,20,23,25,28H,6-7,9-10,16-19,21-22H2,1-5H3,(H3,37,38)/t23-,25-. The molecule has 2 aliphatic rings. The van der Waals surface area contributed by atoms with Crippen molar-refractivity contribution in [2.45, 2.75) is 90.2 Å². The first-order chi connectivity index (χ1) is 23.3. The number of carbonyl (C=O) groups excluding carboxylic acids is 3. The van der Waals surface area contributed by atoms with Gasteiger partial charge in [0.2, 0.25) is 5.91 Å². The summed E-state index contributed by atoms with van der Waals surface area (Å²) in [6.45, 7) is 6.89. The summed E-state index contributed by atoms with van der Waals surface area (Å²) < 4.78 is 24.6. The summed E-state index contributed by atoms with van der Waals surface area (Å²) in [6.07, 6.45) is 3.95. The van der Waals surface area contributed by atoms with E-state index in [9.17, 15) is 14.4 Å². The van der Waals surface area contributed by atoms with Gasteiger partial charge in [0.25, 0.3) is 0 Å². The maximum absolute atomic E-state index is 13.6. The molecule has 1 saturated carbocycles. The summed E-state index contributed by atoms with van der Waals surface area (Å²) in [5.74, 6) is 1.43. The molecular formula is C36H48N6O7. The van der Waals surface area contributed by atoms with Crippen molar-refractivity contribution in [2.24, 2.45) is 11.7 Å². The van der Waals surface area contributed by atoms with E-state index in [0.29, 0.717) is 67.2 Å². The summed E-state index contributed by atoms with van der Waals surface area (Å²) in [5, 5.41) is 7.85. The van der Waals surface area contributed by atoms with Crippen LogP contribution in [0.4, 0.5) is 4.79 Å². The van der Waals surface area contributed by atoms with Gasteiger partial charge in [-0.05, 0) is 88.9 Å². The van der Waals surface area contributed by atoms with E-state index >= 15 is 0 Å². The minimum atomic E-state index is -0.526. The van der Waals surface area contributed by atoms with Crippen molar-refractivity contribution in [1.29, 1.82) is 5.41 Å². The number of likely N-dealkylation sites (N-methyl/N-ethyl adjacent to an activating group) is 1. The number of hydrogen-bond acceptors (Lipinski definition) is 9. The van der Waals surface area contributed by atoms with Crippen molar-refractivity contribution in [2.75, 3.05) is 27.2 Å². The fourth-order valence-corrected chi connectivity index (χ4v) is 6.39. The Morgan fingerprint density at radius 3 is 2.24 bits per heavy atom. The van der Waals surface area contributed by atoms with E-state index < -0.39 is 5.60 Å². The zero-order valence-corrected chi connectivity index (χ0v) is 29.1. The molecule has 1 aliphatic carbocycles. The van der Waals surface area contributed by atoms with Crippen LogP contribution in [0, 0.1) is 11.3 Å². The average molecular weight is 677 g/mol. The number of likely N-dealkylation sites (tertiary alicyclic amines) is 1. The van der Waals surface area contributed by atoms with Crippen LogP contribution in [0.5, 0.6) is 11.5 Å². The summed E-state index contributed by atoms with van der Waals surface area (Å²) in [5.41, 5.74) is 7.10. The lowest BCUT2D eigenvalue weighted by atomic mass is 9.85. The maximum atomic E-state index is 13.6. The van der Waals surface area contributed by atoms with Crippen LogP contribution in [-0.2, 0) is 32.2 Å². The quantitative estimate of drug-likeness (QED) is 0.173. The van der Waals surface area contributed by atoms with Gasteiger partial charge in [-0.1, -0.05) is 0 Å². The Morgan fingerprint density at radius 2 is 1.63 bits per heavy atom. The summed E-state index contributed by atoms with van der Waals surface area (Å²) in [4.78, 5) is 46.2. The molecule has 2 amide bonds. The second kappa shape index (κ2) is 15.2. The van der Waals surface area contributed by atoms with Crippen LogP contribution in [0.15, 0.2) is 42.5 Å². The number of piperidine rings is 1. The number of nitrogen functional groups attached to an aromatic ring is 1. The Labute approximate surface area is 287 Å². The molecule has 13 heteroatoms. The number of hydrogen-bond donors (Lipinski definition) is 2. The van der Waals surface area contributed by atoms with Gasteiger partial charge in [0.15, 0.2) is 0 Å². The third kappa shape index (κ3) is 9.01. The van der Waals surface area contributed by atoms with Gasteiger partial charge in [0.1, 0.15) is 48.0 Å². The number of rotatable bonds is 10. The number of esters is 1. The number of aromatic nitrogens is 2. The van der Waals surface area contributed by atoms with Gasteiger partial charge in [-0.25, -0.2) is 9.78 Å². The van der Waals surface area contributed by atoms with E-state index in [2.05, 4.69) is 0 Å². The van der Waals surface area contributed by atoms with Crippen LogP contribution in [0.25, 0.3) is 11.0 Å². The lowest BCUT2D eigenvalue weighted by Gasteiger charge is -2.34. The number of ether oxygens (including phenoxy) is 4. The van der Waals surface area contributed by atoms with Gasteiger partial charge >= 0.3 is 12.1 Å². The molecule has 13 nitrogen and oxygen atoms in total. The molecule has 2 heterocycles. The Morgan fingerprint density at radius 1 is 0.980 bits per heavy atom. The van der Waals surface area contributed by atoms with Crippen molar-refractivity contribution >= 4 is 34.8 Å². The zero-order chi connectivity index (χ0) is 35.3. The van der Waals surface area contributed by atoms with Gasteiger partial charge in [-0.15, -0.1) is 0 Å². The predicted molar refractivity (Wildman–Crippen MR) is 184 cm³/mol. The van der Waals surface area contributed by atoms with E-state index in [4.69, 9.17) is 35.1 Å². The smallest absolute Gasteiger partial charge is 0.410 e. The molecule has 3 aromatic rings. The number of fused-ring (bicyclic) bond motifs is 1. The Bertz CT molecular complexity index is 1650. The van der Waals surface area contributed by atoms with Crippen LogP contribution >= 0.6 is 0 Å². The molecule has 1 saturated heterocycles. The number of imidazole rings is 1. The third-order valence-corrected chi connectivity index (χ3v) is 9.19. The van der Waals surface area contributed by atoms with Crippen LogP contribution in [0.2, 0.25) is 0 Å². The second-order valence-electron chi connectivity index (χ2n) is 13.8. The van der Waals surface area contributed by atoms with Crippen LogP contribution in [-0.4, -0.2) is 88.2 Å².